The largest absolute Gasteiger partial charge is 0.481 e. The lowest BCUT2D eigenvalue weighted by Crippen LogP contribution is -2.49. The molecular weight excluding hydrogens is 310 g/mol. The van der Waals surface area contributed by atoms with Gasteiger partial charge in [0.25, 0.3) is 0 Å². The Morgan fingerprint density at radius 3 is 2.25 bits per heavy atom. The van der Waals surface area contributed by atoms with E-state index in [0.717, 1.165) is 25.9 Å². The fourth-order valence-electron chi connectivity index (χ4n) is 3.70. The van der Waals surface area contributed by atoms with E-state index in [1.54, 1.807) is 27.7 Å². The minimum absolute atomic E-state index is 0.104. The summed E-state index contributed by atoms with van der Waals surface area (Å²) in [6.45, 7) is 8.93. The molecule has 2 aliphatic rings. The molecule has 1 heterocycles. The van der Waals surface area contributed by atoms with Crippen molar-refractivity contribution in [3.05, 3.63) is 0 Å². The number of hydrogen-bond acceptors (Lipinski definition) is 5. The number of nitrogens with one attached hydrogen (secondary N) is 1. The quantitative estimate of drug-likeness (QED) is 0.764. The molecule has 2 rings (SSSR count). The average Bonchev–Trinajstić information content (AvgIpc) is 2.46. The van der Waals surface area contributed by atoms with Crippen LogP contribution in [0.4, 0.5) is 0 Å². The molecule has 0 unspecified atom stereocenters. The Bertz CT molecular complexity index is 467. The Hall–Kier alpha value is -1.14. The van der Waals surface area contributed by atoms with Gasteiger partial charge in [0.2, 0.25) is 0 Å². The zero-order chi connectivity index (χ0) is 18.0. The van der Waals surface area contributed by atoms with E-state index in [2.05, 4.69) is 5.32 Å². The van der Waals surface area contributed by atoms with Crippen LogP contribution >= 0.6 is 0 Å². The van der Waals surface area contributed by atoms with Gasteiger partial charge in [-0.05, 0) is 72.9 Å². The van der Waals surface area contributed by atoms with E-state index in [0.29, 0.717) is 19.3 Å². The highest BCUT2D eigenvalue weighted by Gasteiger charge is 2.51. The molecule has 2 N–H and O–H groups in total. The minimum atomic E-state index is -1.14. The summed E-state index contributed by atoms with van der Waals surface area (Å²) in [5.41, 5.74) is -1.75. The first-order valence-corrected chi connectivity index (χ1v) is 8.94. The molecule has 0 aromatic rings. The summed E-state index contributed by atoms with van der Waals surface area (Å²) in [4.78, 5) is 24.4. The van der Waals surface area contributed by atoms with E-state index in [1.165, 1.54) is 0 Å². The maximum absolute atomic E-state index is 12.5. The Labute approximate surface area is 144 Å². The molecule has 6 heteroatoms. The molecule has 138 valence electrons. The van der Waals surface area contributed by atoms with Crippen molar-refractivity contribution in [2.24, 2.45) is 11.3 Å². The summed E-state index contributed by atoms with van der Waals surface area (Å²) in [6.07, 6.45) is 3.55. The minimum Gasteiger partial charge on any atom is -0.481 e. The van der Waals surface area contributed by atoms with Gasteiger partial charge in [0.05, 0.1) is 23.5 Å². The first kappa shape index (κ1) is 19.2. The number of hydrogen-bond donors (Lipinski definition) is 2. The zero-order valence-electron chi connectivity index (χ0n) is 15.3. The van der Waals surface area contributed by atoms with Crippen LogP contribution in [0.5, 0.6) is 0 Å². The van der Waals surface area contributed by atoms with Crippen LogP contribution in [0.2, 0.25) is 0 Å². The average molecular weight is 341 g/mol. The van der Waals surface area contributed by atoms with Crippen LogP contribution in [0.25, 0.3) is 0 Å². The van der Waals surface area contributed by atoms with Gasteiger partial charge < -0.3 is 19.9 Å². The Morgan fingerprint density at radius 1 is 1.08 bits per heavy atom. The SMILES string of the molecule is CC(C)(C)OC(=O)[C@H]1CC[C@@H](OC2CCNCC2)C[C@]1(C)C(=O)O. The predicted octanol–water partition coefficient (Wildman–Crippen LogP) is 2.36. The number of carbonyl (C=O) groups excluding carboxylic acids is 1. The van der Waals surface area contributed by atoms with Gasteiger partial charge in [-0.1, -0.05) is 0 Å². The second-order valence-corrected chi connectivity index (χ2v) is 8.30. The van der Waals surface area contributed by atoms with E-state index >= 15 is 0 Å². The molecule has 3 atom stereocenters. The van der Waals surface area contributed by atoms with Gasteiger partial charge in [0.15, 0.2) is 0 Å². The fourth-order valence-corrected chi connectivity index (χ4v) is 3.70. The van der Waals surface area contributed by atoms with Crippen LogP contribution in [-0.4, -0.2) is 47.9 Å². The van der Waals surface area contributed by atoms with E-state index < -0.39 is 28.9 Å². The first-order valence-electron chi connectivity index (χ1n) is 8.94. The molecule has 0 aromatic carbocycles. The standard InChI is InChI=1S/C18H31NO5/c1-17(2,3)24-15(20)14-6-5-13(11-18(14,4)16(21)22)23-12-7-9-19-10-8-12/h12-14,19H,5-11H2,1-4H3,(H,21,22)/t13-,14-,18+/m1/s1. The maximum atomic E-state index is 12.5. The van der Waals surface area contributed by atoms with E-state index in [1.807, 2.05) is 0 Å². The highest BCUT2D eigenvalue weighted by atomic mass is 16.6. The van der Waals surface area contributed by atoms with Crippen LogP contribution in [0.3, 0.4) is 0 Å². The van der Waals surface area contributed by atoms with Crippen molar-refractivity contribution < 1.29 is 24.2 Å². The second kappa shape index (κ2) is 7.40. The van der Waals surface area contributed by atoms with Crippen molar-refractivity contribution in [1.82, 2.24) is 5.32 Å². The summed E-state index contributed by atoms with van der Waals surface area (Å²) in [6, 6.07) is 0. The molecule has 1 aliphatic heterocycles. The molecular formula is C18H31NO5. The van der Waals surface area contributed by atoms with Gasteiger partial charge in [-0.15, -0.1) is 0 Å². The third-order valence-electron chi connectivity index (χ3n) is 5.05. The second-order valence-electron chi connectivity index (χ2n) is 8.30. The highest BCUT2D eigenvalue weighted by Crippen LogP contribution is 2.44. The number of aliphatic carboxylic acids is 1. The third kappa shape index (κ3) is 4.70. The fraction of sp³-hybridized carbons (Fsp3) is 0.889. The summed E-state index contributed by atoms with van der Waals surface area (Å²) in [7, 11) is 0. The molecule has 1 aliphatic carbocycles. The third-order valence-corrected chi connectivity index (χ3v) is 5.05. The Balaban J connectivity index is 2.05. The normalized spacial score (nSPS) is 32.3. The lowest BCUT2D eigenvalue weighted by molar-refractivity contribution is -0.181. The van der Waals surface area contributed by atoms with E-state index in [-0.39, 0.29) is 12.2 Å². The van der Waals surface area contributed by atoms with Gasteiger partial charge in [-0.2, -0.15) is 0 Å². The molecule has 0 spiro atoms. The number of carboxylic acids is 1. The number of piperidine rings is 1. The number of ether oxygens (including phenoxy) is 2. The summed E-state index contributed by atoms with van der Waals surface area (Å²) in [5.74, 6) is -1.98. The zero-order valence-corrected chi connectivity index (χ0v) is 15.3. The number of carboxylic acid groups (broad SMARTS) is 1. The lowest BCUT2D eigenvalue weighted by atomic mass is 9.66. The van der Waals surface area contributed by atoms with E-state index in [9.17, 15) is 14.7 Å². The molecule has 1 saturated heterocycles. The Morgan fingerprint density at radius 2 is 1.71 bits per heavy atom. The van der Waals surface area contributed by atoms with Crippen LogP contribution in [-0.2, 0) is 19.1 Å². The first-order chi connectivity index (χ1) is 11.1. The van der Waals surface area contributed by atoms with Crippen molar-refractivity contribution in [2.45, 2.75) is 77.6 Å². The van der Waals surface area contributed by atoms with Crippen molar-refractivity contribution in [3.63, 3.8) is 0 Å². The van der Waals surface area contributed by atoms with Crippen molar-refractivity contribution in [3.8, 4) is 0 Å². The molecule has 0 radical (unpaired) electrons. The summed E-state index contributed by atoms with van der Waals surface area (Å²) in [5, 5.41) is 13.1. The van der Waals surface area contributed by atoms with Gasteiger partial charge >= 0.3 is 11.9 Å². The number of carbonyl (C=O) groups is 2. The highest BCUT2D eigenvalue weighted by molar-refractivity contribution is 5.84. The topological polar surface area (TPSA) is 84.9 Å². The monoisotopic (exact) mass is 341 g/mol. The summed E-state index contributed by atoms with van der Waals surface area (Å²) < 4.78 is 11.6. The van der Waals surface area contributed by atoms with Crippen LogP contribution in [0.1, 0.15) is 59.8 Å². The van der Waals surface area contributed by atoms with Crippen molar-refractivity contribution in [2.75, 3.05) is 13.1 Å². The van der Waals surface area contributed by atoms with E-state index in [4.69, 9.17) is 9.47 Å². The van der Waals surface area contributed by atoms with Crippen LogP contribution < -0.4 is 5.32 Å². The van der Waals surface area contributed by atoms with Crippen molar-refractivity contribution >= 4 is 11.9 Å². The smallest absolute Gasteiger partial charge is 0.310 e. The maximum Gasteiger partial charge on any atom is 0.310 e. The molecule has 0 bridgehead atoms. The lowest BCUT2D eigenvalue weighted by Gasteiger charge is -2.42. The molecule has 1 saturated carbocycles. The van der Waals surface area contributed by atoms with Gasteiger partial charge in [0, 0.05) is 0 Å². The number of rotatable bonds is 4. The van der Waals surface area contributed by atoms with Gasteiger partial charge in [-0.25, -0.2) is 0 Å². The van der Waals surface area contributed by atoms with Gasteiger partial charge in [-0.3, -0.25) is 9.59 Å². The number of esters is 1. The molecule has 0 aromatic heterocycles. The molecule has 2 fully saturated rings. The summed E-state index contributed by atoms with van der Waals surface area (Å²) >= 11 is 0. The van der Waals surface area contributed by atoms with Crippen LogP contribution in [0.15, 0.2) is 0 Å². The predicted molar refractivity (Wildman–Crippen MR) is 89.7 cm³/mol. The van der Waals surface area contributed by atoms with Crippen LogP contribution in [0, 0.1) is 11.3 Å². The van der Waals surface area contributed by atoms with Crippen molar-refractivity contribution in [1.29, 1.82) is 0 Å². The van der Waals surface area contributed by atoms with Gasteiger partial charge in [0.1, 0.15) is 5.60 Å². The Kier molecular flexibility index (Phi) is 5.91. The molecule has 0 amide bonds. The molecule has 6 nitrogen and oxygen atoms in total. The molecule has 24 heavy (non-hydrogen) atoms.